The lowest BCUT2D eigenvalue weighted by Crippen LogP contribution is -2.61. The number of hydrogen-bond donors (Lipinski definition) is 1. The van der Waals surface area contributed by atoms with E-state index in [2.05, 4.69) is 0 Å². The van der Waals surface area contributed by atoms with Crippen molar-refractivity contribution in [2.45, 2.75) is 31.1 Å². The highest BCUT2D eigenvalue weighted by molar-refractivity contribution is 5.89. The zero-order valence-electron chi connectivity index (χ0n) is 12.2. The molecule has 5 nitrogen and oxygen atoms in total. The van der Waals surface area contributed by atoms with Crippen LogP contribution in [0.4, 0.5) is 13.2 Å². The van der Waals surface area contributed by atoms with Crippen LogP contribution in [0.15, 0.2) is 30.3 Å². The van der Waals surface area contributed by atoms with Gasteiger partial charge in [0.25, 0.3) is 0 Å². The second-order valence-corrected chi connectivity index (χ2v) is 5.32. The van der Waals surface area contributed by atoms with Gasteiger partial charge in [-0.2, -0.15) is 13.2 Å². The molecule has 1 fully saturated rings. The second-order valence-electron chi connectivity index (χ2n) is 5.32. The molecule has 1 saturated heterocycles. The number of nitrogens with zero attached hydrogens (tertiary/aromatic N) is 1. The van der Waals surface area contributed by atoms with Gasteiger partial charge in [-0.15, -0.1) is 0 Å². The van der Waals surface area contributed by atoms with Crippen LogP contribution in [0, 0.1) is 0 Å². The number of aliphatic carboxylic acids is 1. The molecule has 1 aliphatic rings. The van der Waals surface area contributed by atoms with Gasteiger partial charge < -0.3 is 14.7 Å². The maximum absolute atomic E-state index is 13.0. The van der Waals surface area contributed by atoms with Gasteiger partial charge in [0.05, 0.1) is 0 Å². The van der Waals surface area contributed by atoms with Crippen LogP contribution in [0.25, 0.3) is 0 Å². The lowest BCUT2D eigenvalue weighted by atomic mass is 9.87. The molecule has 1 aromatic rings. The zero-order valence-corrected chi connectivity index (χ0v) is 12.2. The number of rotatable bonds is 4. The van der Waals surface area contributed by atoms with Crippen LogP contribution in [-0.2, 0) is 20.9 Å². The molecular formula is C15H16F3NO4. The van der Waals surface area contributed by atoms with Crippen LogP contribution >= 0.6 is 0 Å². The zero-order chi connectivity index (χ0) is 17.1. The van der Waals surface area contributed by atoms with E-state index in [1.54, 1.807) is 30.3 Å². The molecule has 8 heteroatoms. The Labute approximate surface area is 130 Å². The summed E-state index contributed by atoms with van der Waals surface area (Å²) in [6.07, 6.45) is -5.51. The molecule has 1 amide bonds. The van der Waals surface area contributed by atoms with Gasteiger partial charge in [-0.25, -0.2) is 4.79 Å². The van der Waals surface area contributed by atoms with E-state index in [1.165, 1.54) is 0 Å². The summed E-state index contributed by atoms with van der Waals surface area (Å²) < 4.78 is 44.0. The van der Waals surface area contributed by atoms with Crippen molar-refractivity contribution in [2.75, 3.05) is 13.2 Å². The fourth-order valence-corrected chi connectivity index (χ4v) is 2.64. The van der Waals surface area contributed by atoms with Crippen molar-refractivity contribution < 1.29 is 32.6 Å². The summed E-state index contributed by atoms with van der Waals surface area (Å²) in [6.45, 7) is -0.447. The maximum Gasteiger partial charge on any atom is 0.471 e. The molecule has 0 bridgehead atoms. The number of halogens is 3. The lowest BCUT2D eigenvalue weighted by Gasteiger charge is -2.43. The summed E-state index contributed by atoms with van der Waals surface area (Å²) in [5.41, 5.74) is -1.49. The standard InChI is InChI=1S/C15H16F3NO4/c16-15(17,18)12(20)19(10-11-4-2-1-3-5-11)14(13(21)22)6-8-23-9-7-14/h1-5H,6-10H2,(H,21,22). The molecule has 0 aliphatic carbocycles. The maximum atomic E-state index is 13.0. The quantitative estimate of drug-likeness (QED) is 0.919. The van der Waals surface area contributed by atoms with Crippen molar-refractivity contribution >= 4 is 11.9 Å². The monoisotopic (exact) mass is 331 g/mol. The SMILES string of the molecule is O=C(N(Cc1ccccc1)C1(C(=O)O)CCOCC1)C(F)(F)F. The van der Waals surface area contributed by atoms with Crippen molar-refractivity contribution in [3.63, 3.8) is 0 Å². The van der Waals surface area contributed by atoms with Crippen LogP contribution in [0.2, 0.25) is 0 Å². The summed E-state index contributed by atoms with van der Waals surface area (Å²) in [5.74, 6) is -3.60. The minimum atomic E-state index is -5.14. The number of carboxylic acids is 1. The number of carbonyl (C=O) groups excluding carboxylic acids is 1. The number of hydrogen-bond acceptors (Lipinski definition) is 3. The number of ether oxygens (including phenoxy) is 1. The predicted molar refractivity (Wildman–Crippen MR) is 73.5 cm³/mol. The molecule has 0 aromatic heterocycles. The van der Waals surface area contributed by atoms with Gasteiger partial charge in [0.15, 0.2) is 0 Å². The molecule has 0 atom stereocenters. The first kappa shape index (κ1) is 17.3. The van der Waals surface area contributed by atoms with E-state index in [-0.39, 0.29) is 26.1 Å². The molecule has 1 aliphatic heterocycles. The van der Waals surface area contributed by atoms with Gasteiger partial charge in [-0.1, -0.05) is 30.3 Å². The molecule has 0 radical (unpaired) electrons. The van der Waals surface area contributed by atoms with Crippen molar-refractivity contribution in [3.8, 4) is 0 Å². The Hall–Kier alpha value is -2.09. The number of alkyl halides is 3. The van der Waals surface area contributed by atoms with E-state index in [0.29, 0.717) is 10.5 Å². The number of amides is 1. The summed E-state index contributed by atoms with van der Waals surface area (Å²) in [7, 11) is 0. The van der Waals surface area contributed by atoms with Gasteiger partial charge in [0.2, 0.25) is 0 Å². The Morgan fingerprint density at radius 2 is 1.74 bits per heavy atom. The number of carboxylic acid groups (broad SMARTS) is 1. The van der Waals surface area contributed by atoms with Crippen LogP contribution < -0.4 is 0 Å². The summed E-state index contributed by atoms with van der Waals surface area (Å²) in [6, 6.07) is 8.00. The first-order valence-corrected chi connectivity index (χ1v) is 7.01. The van der Waals surface area contributed by atoms with E-state index in [0.717, 1.165) is 0 Å². The van der Waals surface area contributed by atoms with E-state index in [4.69, 9.17) is 4.74 Å². The van der Waals surface area contributed by atoms with Gasteiger partial charge in [0.1, 0.15) is 5.54 Å². The molecule has 0 spiro atoms. The number of carbonyl (C=O) groups is 2. The third-order valence-electron chi connectivity index (χ3n) is 3.91. The Balaban J connectivity index is 2.42. The molecule has 0 saturated carbocycles. The van der Waals surface area contributed by atoms with E-state index in [1.807, 2.05) is 0 Å². The van der Waals surface area contributed by atoms with Crippen molar-refractivity contribution in [1.82, 2.24) is 4.90 Å². The summed E-state index contributed by atoms with van der Waals surface area (Å²) in [4.78, 5) is 24.0. The average Bonchev–Trinajstić information content (AvgIpc) is 2.52. The van der Waals surface area contributed by atoms with Crippen molar-refractivity contribution in [3.05, 3.63) is 35.9 Å². The van der Waals surface area contributed by atoms with E-state index in [9.17, 15) is 27.9 Å². The first-order valence-electron chi connectivity index (χ1n) is 7.01. The van der Waals surface area contributed by atoms with Crippen LogP contribution in [0.5, 0.6) is 0 Å². The molecule has 0 unspecified atom stereocenters. The minimum absolute atomic E-state index is 0.0112. The van der Waals surface area contributed by atoms with Gasteiger partial charge in [0, 0.05) is 32.6 Å². The van der Waals surface area contributed by atoms with Gasteiger partial charge in [-0.3, -0.25) is 4.79 Å². The first-order chi connectivity index (χ1) is 10.8. The van der Waals surface area contributed by atoms with E-state index < -0.39 is 30.1 Å². The normalized spacial score (nSPS) is 17.5. The Bertz CT molecular complexity index is 568. The average molecular weight is 331 g/mol. The highest BCUT2D eigenvalue weighted by Crippen LogP contribution is 2.34. The molecule has 126 valence electrons. The van der Waals surface area contributed by atoms with Crippen molar-refractivity contribution in [2.24, 2.45) is 0 Å². The predicted octanol–water partition coefficient (Wildman–Crippen LogP) is 2.21. The molecular weight excluding hydrogens is 315 g/mol. The van der Waals surface area contributed by atoms with Crippen LogP contribution in [0.3, 0.4) is 0 Å². The fourth-order valence-electron chi connectivity index (χ4n) is 2.64. The summed E-state index contributed by atoms with van der Waals surface area (Å²) in [5, 5.41) is 9.54. The molecule has 2 rings (SSSR count). The largest absolute Gasteiger partial charge is 0.479 e. The fraction of sp³-hybridized carbons (Fsp3) is 0.467. The minimum Gasteiger partial charge on any atom is -0.479 e. The van der Waals surface area contributed by atoms with Crippen LogP contribution in [0.1, 0.15) is 18.4 Å². The van der Waals surface area contributed by atoms with Crippen molar-refractivity contribution in [1.29, 1.82) is 0 Å². The molecule has 1 aromatic carbocycles. The topological polar surface area (TPSA) is 66.8 Å². The Morgan fingerprint density at radius 3 is 2.22 bits per heavy atom. The summed E-state index contributed by atoms with van der Waals surface area (Å²) >= 11 is 0. The highest BCUT2D eigenvalue weighted by atomic mass is 19.4. The van der Waals surface area contributed by atoms with Gasteiger partial charge >= 0.3 is 18.1 Å². The smallest absolute Gasteiger partial charge is 0.471 e. The molecule has 23 heavy (non-hydrogen) atoms. The highest BCUT2D eigenvalue weighted by Gasteiger charge is 2.54. The van der Waals surface area contributed by atoms with Crippen LogP contribution in [-0.4, -0.2) is 46.8 Å². The Kier molecular flexibility index (Phi) is 4.93. The van der Waals surface area contributed by atoms with Gasteiger partial charge in [-0.05, 0) is 5.56 Å². The third kappa shape index (κ3) is 3.64. The van der Waals surface area contributed by atoms with E-state index >= 15 is 0 Å². The molecule has 1 heterocycles. The number of benzene rings is 1. The third-order valence-corrected chi connectivity index (χ3v) is 3.91. The second kappa shape index (κ2) is 6.57. The molecule has 1 N–H and O–H groups in total. The Morgan fingerprint density at radius 1 is 1.17 bits per heavy atom. The lowest BCUT2D eigenvalue weighted by molar-refractivity contribution is -0.200.